The Labute approximate surface area is 215 Å². The highest BCUT2D eigenvalue weighted by atomic mass is 32.2. The number of piperidine rings is 1. The molecule has 0 aliphatic carbocycles. The summed E-state index contributed by atoms with van der Waals surface area (Å²) in [6.07, 6.45) is 4.45. The summed E-state index contributed by atoms with van der Waals surface area (Å²) >= 11 is 0. The van der Waals surface area contributed by atoms with Crippen LogP contribution in [-0.4, -0.2) is 55.3 Å². The Hall–Kier alpha value is -3.60. The van der Waals surface area contributed by atoms with Crippen LogP contribution in [0.15, 0.2) is 47.5 Å². The van der Waals surface area contributed by atoms with Gasteiger partial charge in [0.25, 0.3) is 0 Å². The number of methoxy groups -OCH3 is 1. The van der Waals surface area contributed by atoms with Gasteiger partial charge in [0.1, 0.15) is 10.7 Å². The molecule has 5 rings (SSSR count). The van der Waals surface area contributed by atoms with Crippen LogP contribution in [0.5, 0.6) is 0 Å². The van der Waals surface area contributed by atoms with Crippen molar-refractivity contribution in [3.63, 3.8) is 0 Å². The van der Waals surface area contributed by atoms with E-state index in [1.165, 1.54) is 19.2 Å². The van der Waals surface area contributed by atoms with Crippen molar-refractivity contribution >= 4 is 33.3 Å². The average molecular weight is 526 g/mol. The summed E-state index contributed by atoms with van der Waals surface area (Å²) in [5.74, 6) is -0.266. The Kier molecular flexibility index (Phi) is 7.05. The Morgan fingerprint density at radius 3 is 2.70 bits per heavy atom. The number of benzene rings is 1. The molecule has 0 atom stereocenters. The molecular weight excluding hydrogens is 497 g/mol. The lowest BCUT2D eigenvalue weighted by Gasteiger charge is -2.32. The van der Waals surface area contributed by atoms with E-state index in [4.69, 9.17) is 0 Å². The zero-order valence-corrected chi connectivity index (χ0v) is 21.3. The molecule has 3 aromatic rings. The van der Waals surface area contributed by atoms with Crippen molar-refractivity contribution in [3.05, 3.63) is 65.4 Å². The lowest BCUT2D eigenvalue weighted by atomic mass is 9.93. The van der Waals surface area contributed by atoms with E-state index >= 15 is 0 Å². The van der Waals surface area contributed by atoms with Crippen molar-refractivity contribution in [2.45, 2.75) is 42.9 Å². The van der Waals surface area contributed by atoms with E-state index in [1.807, 2.05) is 23.1 Å². The van der Waals surface area contributed by atoms with Crippen LogP contribution in [-0.2, 0) is 32.2 Å². The summed E-state index contributed by atoms with van der Waals surface area (Å²) in [5.41, 5.74) is 2.03. The van der Waals surface area contributed by atoms with Gasteiger partial charge in [0.2, 0.25) is 5.95 Å². The Balaban J connectivity index is 1.44. The molecule has 0 bridgehead atoms. The number of hydrogen-bond acceptors (Lipinski definition) is 9. The fraction of sp³-hybridized carbons (Fsp3) is 0.385. The van der Waals surface area contributed by atoms with Crippen LogP contribution in [0.3, 0.4) is 0 Å². The van der Waals surface area contributed by atoms with Crippen molar-refractivity contribution < 1.29 is 22.3 Å². The third kappa shape index (κ3) is 5.41. The SMILES string of the molecule is COC(=O)Cc1ccc(Nc2nc(N3CCC(c4ccccn4)CC3)nc3c2S(=O)(=O)CCC3)c(F)c1. The lowest BCUT2D eigenvalue weighted by Crippen LogP contribution is -2.35. The zero-order chi connectivity index (χ0) is 26.0. The van der Waals surface area contributed by atoms with E-state index in [2.05, 4.69) is 25.0 Å². The minimum atomic E-state index is -3.62. The predicted octanol–water partition coefficient (Wildman–Crippen LogP) is 3.57. The van der Waals surface area contributed by atoms with Crippen LogP contribution in [0, 0.1) is 5.82 Å². The molecule has 9 nitrogen and oxygen atoms in total. The third-order valence-electron chi connectivity index (χ3n) is 6.81. The minimum Gasteiger partial charge on any atom is -0.469 e. The Morgan fingerprint density at radius 2 is 2.00 bits per heavy atom. The number of sulfone groups is 1. The van der Waals surface area contributed by atoms with E-state index in [9.17, 15) is 17.6 Å². The van der Waals surface area contributed by atoms with Gasteiger partial charge in [-0.25, -0.2) is 17.8 Å². The predicted molar refractivity (Wildman–Crippen MR) is 136 cm³/mol. The molecule has 37 heavy (non-hydrogen) atoms. The molecule has 2 aromatic heterocycles. The maximum Gasteiger partial charge on any atom is 0.309 e. The number of hydrogen-bond donors (Lipinski definition) is 1. The van der Waals surface area contributed by atoms with Crippen LogP contribution in [0.1, 0.15) is 42.1 Å². The van der Waals surface area contributed by atoms with Gasteiger partial charge in [0.15, 0.2) is 15.7 Å². The Bertz CT molecular complexity index is 1410. The second-order valence-corrected chi connectivity index (χ2v) is 11.3. The van der Waals surface area contributed by atoms with Crippen molar-refractivity contribution in [2.75, 3.05) is 36.2 Å². The molecule has 1 saturated heterocycles. The zero-order valence-electron chi connectivity index (χ0n) is 20.5. The molecule has 1 aromatic carbocycles. The molecule has 0 radical (unpaired) electrons. The summed E-state index contributed by atoms with van der Waals surface area (Å²) in [6, 6.07) is 10.2. The van der Waals surface area contributed by atoms with Gasteiger partial charge < -0.3 is 15.0 Å². The largest absolute Gasteiger partial charge is 0.469 e. The number of halogens is 1. The van der Waals surface area contributed by atoms with E-state index in [0.29, 0.717) is 49.1 Å². The van der Waals surface area contributed by atoms with Gasteiger partial charge in [-0.2, -0.15) is 4.98 Å². The number of esters is 1. The second-order valence-electron chi connectivity index (χ2n) is 9.28. The smallest absolute Gasteiger partial charge is 0.309 e. The van der Waals surface area contributed by atoms with Gasteiger partial charge >= 0.3 is 5.97 Å². The van der Waals surface area contributed by atoms with Crippen molar-refractivity contribution in [1.29, 1.82) is 0 Å². The lowest BCUT2D eigenvalue weighted by molar-refractivity contribution is -0.139. The molecule has 11 heteroatoms. The van der Waals surface area contributed by atoms with Crippen molar-refractivity contribution in [3.8, 4) is 0 Å². The number of pyridine rings is 1. The van der Waals surface area contributed by atoms with Crippen LogP contribution < -0.4 is 10.2 Å². The molecule has 0 amide bonds. The molecular formula is C26H28FN5O4S. The first-order valence-corrected chi connectivity index (χ1v) is 13.9. The molecule has 1 fully saturated rings. The monoisotopic (exact) mass is 525 g/mol. The highest BCUT2D eigenvalue weighted by Crippen LogP contribution is 2.35. The molecule has 0 unspecified atom stereocenters. The van der Waals surface area contributed by atoms with Gasteiger partial charge in [-0.05, 0) is 55.5 Å². The van der Waals surface area contributed by atoms with E-state index in [-0.39, 0.29) is 28.6 Å². The van der Waals surface area contributed by atoms with Crippen LogP contribution in [0.4, 0.5) is 21.8 Å². The Morgan fingerprint density at radius 1 is 1.19 bits per heavy atom. The summed E-state index contributed by atoms with van der Waals surface area (Å²) in [6.45, 7) is 1.39. The number of aromatic nitrogens is 3. The first kappa shape index (κ1) is 25.1. The first-order chi connectivity index (χ1) is 17.8. The average Bonchev–Trinajstić information content (AvgIpc) is 2.90. The normalized spacial score (nSPS) is 17.2. The summed E-state index contributed by atoms with van der Waals surface area (Å²) in [5, 5.41) is 2.91. The number of ether oxygens (including phenoxy) is 1. The maximum absolute atomic E-state index is 15.0. The summed E-state index contributed by atoms with van der Waals surface area (Å²) in [4.78, 5) is 27.3. The number of fused-ring (bicyclic) bond motifs is 1. The topological polar surface area (TPSA) is 114 Å². The minimum absolute atomic E-state index is 0.00654. The highest BCUT2D eigenvalue weighted by molar-refractivity contribution is 7.91. The fourth-order valence-corrected chi connectivity index (χ4v) is 6.49. The van der Waals surface area contributed by atoms with Crippen LogP contribution in [0.2, 0.25) is 0 Å². The fourth-order valence-electron chi connectivity index (χ4n) is 4.87. The molecule has 2 aliphatic heterocycles. The number of nitrogens with zero attached hydrogens (tertiary/aromatic N) is 4. The van der Waals surface area contributed by atoms with E-state index in [1.54, 1.807) is 12.3 Å². The maximum atomic E-state index is 15.0. The van der Waals surface area contributed by atoms with E-state index < -0.39 is 21.6 Å². The standard InChI is InChI=1S/C26H28FN5O4S/c1-36-23(33)16-17-7-8-21(19(27)15-17)29-25-24-22(6-4-14-37(24,34)35)30-26(31-25)32-12-9-18(10-13-32)20-5-2-3-11-28-20/h2-3,5,7-8,11,15,18H,4,6,9-10,12-14,16H2,1H3,(H,29,30,31). The van der Waals surface area contributed by atoms with Crippen LogP contribution in [0.25, 0.3) is 0 Å². The van der Waals surface area contributed by atoms with Crippen molar-refractivity contribution in [2.24, 2.45) is 0 Å². The number of carbonyl (C=O) groups is 1. The van der Waals surface area contributed by atoms with Gasteiger partial charge in [-0.1, -0.05) is 12.1 Å². The molecule has 1 N–H and O–H groups in total. The number of carbonyl (C=O) groups excluding carboxylic acids is 1. The number of anilines is 3. The molecule has 2 aliphatic rings. The number of aryl methyl sites for hydroxylation is 1. The van der Waals surface area contributed by atoms with Crippen molar-refractivity contribution in [1.82, 2.24) is 15.0 Å². The van der Waals surface area contributed by atoms with Gasteiger partial charge in [-0.3, -0.25) is 9.78 Å². The molecule has 0 spiro atoms. The van der Waals surface area contributed by atoms with E-state index in [0.717, 1.165) is 18.5 Å². The quantitative estimate of drug-likeness (QED) is 0.482. The van der Waals surface area contributed by atoms with Gasteiger partial charge in [0, 0.05) is 30.9 Å². The number of rotatable bonds is 6. The second kappa shape index (κ2) is 10.4. The summed E-state index contributed by atoms with van der Waals surface area (Å²) in [7, 11) is -2.35. The first-order valence-electron chi connectivity index (χ1n) is 12.3. The molecule has 194 valence electrons. The third-order valence-corrected chi connectivity index (χ3v) is 8.69. The number of nitrogens with one attached hydrogen (secondary N) is 1. The summed E-state index contributed by atoms with van der Waals surface area (Å²) < 4.78 is 45.5. The highest BCUT2D eigenvalue weighted by Gasteiger charge is 2.32. The van der Waals surface area contributed by atoms with Gasteiger partial charge in [0.05, 0.1) is 30.7 Å². The molecule has 4 heterocycles. The van der Waals surface area contributed by atoms with Crippen LogP contribution >= 0.6 is 0 Å². The molecule has 0 saturated carbocycles. The van der Waals surface area contributed by atoms with Gasteiger partial charge in [-0.15, -0.1) is 0 Å².